The average Bonchev–Trinajstić information content (AvgIpc) is 3.38. The molecule has 232 valence electrons. The molecule has 2 aromatic carbocycles. The summed E-state index contributed by atoms with van der Waals surface area (Å²) in [5.41, 5.74) is 12.4. The van der Waals surface area contributed by atoms with E-state index in [1.54, 1.807) is 0 Å². The second kappa shape index (κ2) is 13.1. The zero-order valence-corrected chi connectivity index (χ0v) is 26.1. The number of benzene rings is 2. The van der Waals surface area contributed by atoms with Crippen molar-refractivity contribution in [2.45, 2.75) is 57.4 Å². The molecule has 0 bridgehead atoms. The second-order valence-corrected chi connectivity index (χ2v) is 13.9. The molecule has 0 spiro atoms. The molecule has 9 nitrogen and oxygen atoms in total. The summed E-state index contributed by atoms with van der Waals surface area (Å²) in [6.07, 6.45) is 5.91. The number of pyridine rings is 1. The molecule has 1 aliphatic heterocycles. The first-order chi connectivity index (χ1) is 21.3. The van der Waals surface area contributed by atoms with Crippen molar-refractivity contribution in [3.05, 3.63) is 94.3 Å². The van der Waals surface area contributed by atoms with Crippen LogP contribution in [0.2, 0.25) is 0 Å². The van der Waals surface area contributed by atoms with Crippen LogP contribution in [0.1, 0.15) is 64.1 Å². The van der Waals surface area contributed by atoms with Gasteiger partial charge in [0.15, 0.2) is 0 Å². The van der Waals surface area contributed by atoms with E-state index in [4.69, 9.17) is 15.5 Å². The molecule has 0 radical (unpaired) electrons. The summed E-state index contributed by atoms with van der Waals surface area (Å²) in [5.74, 6) is -0.131. The Bertz CT molecular complexity index is 1740. The number of aryl methyl sites for hydroxylation is 1. The molecule has 0 unspecified atom stereocenters. The third-order valence-electron chi connectivity index (χ3n) is 8.87. The van der Waals surface area contributed by atoms with E-state index in [-0.39, 0.29) is 18.3 Å². The van der Waals surface area contributed by atoms with Gasteiger partial charge in [0.05, 0.1) is 24.6 Å². The molecular formula is C34H41N5O4S. The minimum atomic E-state index is -3.64. The van der Waals surface area contributed by atoms with E-state index in [0.29, 0.717) is 36.1 Å². The summed E-state index contributed by atoms with van der Waals surface area (Å²) in [7, 11) is -1.52. The molecule has 0 amide bonds. The number of sulfonamides is 1. The number of likely N-dealkylation sites (tertiary alicyclic amines) is 1. The Hall–Kier alpha value is -3.73. The van der Waals surface area contributed by atoms with E-state index in [0.717, 1.165) is 79.4 Å². The number of rotatable bonds is 10. The molecule has 1 aliphatic carbocycles. The fraction of sp³-hybridized carbons (Fsp3) is 0.412. The highest BCUT2D eigenvalue weighted by molar-refractivity contribution is 7.91. The van der Waals surface area contributed by atoms with Crippen LogP contribution in [0.25, 0.3) is 11.0 Å². The lowest BCUT2D eigenvalue weighted by Crippen LogP contribution is -2.32. The predicted molar refractivity (Wildman–Crippen MR) is 173 cm³/mol. The lowest BCUT2D eigenvalue weighted by atomic mass is 9.87. The Labute approximate surface area is 259 Å². The number of fused-ring (bicyclic) bond motifs is 2. The summed E-state index contributed by atoms with van der Waals surface area (Å²) in [5, 5.41) is 0.835. The molecule has 10 heteroatoms. The first kappa shape index (κ1) is 30.3. The molecule has 44 heavy (non-hydrogen) atoms. The van der Waals surface area contributed by atoms with E-state index in [2.05, 4.69) is 16.7 Å². The van der Waals surface area contributed by atoms with Crippen molar-refractivity contribution in [1.82, 2.24) is 14.5 Å². The number of carbonyl (C=O) groups is 1. The molecule has 4 aromatic rings. The number of nitrogens with two attached hydrogens (primary N) is 1. The largest absolute Gasteiger partial charge is 0.461 e. The van der Waals surface area contributed by atoms with Crippen LogP contribution in [0.4, 0.5) is 5.69 Å². The van der Waals surface area contributed by atoms with Crippen LogP contribution in [-0.4, -0.2) is 55.6 Å². The Morgan fingerprint density at radius 1 is 1.05 bits per heavy atom. The first-order valence-corrected chi connectivity index (χ1v) is 17.2. The molecule has 3 heterocycles. The summed E-state index contributed by atoms with van der Waals surface area (Å²) in [4.78, 5) is 20.7. The van der Waals surface area contributed by atoms with Crippen LogP contribution in [0.5, 0.6) is 0 Å². The van der Waals surface area contributed by atoms with Gasteiger partial charge in [-0.05, 0) is 117 Å². The van der Waals surface area contributed by atoms with Gasteiger partial charge in [-0.1, -0.05) is 30.3 Å². The van der Waals surface area contributed by atoms with Gasteiger partial charge >= 0.3 is 5.97 Å². The zero-order chi connectivity index (χ0) is 30.7. The van der Waals surface area contributed by atoms with Gasteiger partial charge < -0.3 is 19.9 Å². The zero-order valence-electron chi connectivity index (χ0n) is 25.3. The minimum Gasteiger partial charge on any atom is -0.461 e. The van der Waals surface area contributed by atoms with Crippen LogP contribution in [0.15, 0.2) is 60.7 Å². The minimum absolute atomic E-state index is 0.110. The Morgan fingerprint density at radius 2 is 1.82 bits per heavy atom. The quantitative estimate of drug-likeness (QED) is 0.245. The first-order valence-electron chi connectivity index (χ1n) is 15.5. The highest BCUT2D eigenvalue weighted by atomic mass is 32.2. The number of piperidine rings is 1. The maximum atomic E-state index is 13.6. The van der Waals surface area contributed by atoms with Crippen molar-refractivity contribution in [3.63, 3.8) is 0 Å². The number of nitrogens with one attached hydrogen (secondary N) is 1. The lowest BCUT2D eigenvalue weighted by Gasteiger charge is -2.28. The summed E-state index contributed by atoms with van der Waals surface area (Å²) in [6.45, 7) is 3.05. The van der Waals surface area contributed by atoms with Crippen molar-refractivity contribution in [2.75, 3.05) is 31.5 Å². The lowest BCUT2D eigenvalue weighted by molar-refractivity contribution is 0.0373. The fourth-order valence-corrected chi connectivity index (χ4v) is 7.62. The Balaban J connectivity index is 1.33. The van der Waals surface area contributed by atoms with Crippen LogP contribution in [-0.2, 0) is 46.4 Å². The van der Waals surface area contributed by atoms with E-state index >= 15 is 0 Å². The van der Waals surface area contributed by atoms with Gasteiger partial charge in [-0.25, -0.2) is 18.2 Å². The van der Waals surface area contributed by atoms with Gasteiger partial charge in [-0.15, -0.1) is 0 Å². The average molecular weight is 616 g/mol. The number of hydrogen-bond donors (Lipinski definition) is 2. The van der Waals surface area contributed by atoms with Gasteiger partial charge in [0.2, 0.25) is 10.0 Å². The molecule has 1 fully saturated rings. The SMILES string of the molecule is CN1CCC(COC(=O)c2cc3ccc(CN)nc3n2Cc2cc(NS(=O)(=O)Cc3ccccc3)cc3c2CCCC3)CC1. The summed E-state index contributed by atoms with van der Waals surface area (Å²) in [6, 6.07) is 18.7. The van der Waals surface area contributed by atoms with Crippen molar-refractivity contribution in [1.29, 1.82) is 0 Å². The normalized spacial score (nSPS) is 16.1. The molecule has 0 atom stereocenters. The van der Waals surface area contributed by atoms with Crippen LogP contribution in [0.3, 0.4) is 0 Å². The molecule has 0 saturated carbocycles. The monoisotopic (exact) mass is 615 g/mol. The number of nitrogens with zero attached hydrogens (tertiary/aromatic N) is 3. The van der Waals surface area contributed by atoms with E-state index in [1.165, 1.54) is 5.56 Å². The predicted octanol–water partition coefficient (Wildman–Crippen LogP) is 4.86. The molecule has 2 aliphatic rings. The van der Waals surface area contributed by atoms with Crippen molar-refractivity contribution < 1.29 is 17.9 Å². The topological polar surface area (TPSA) is 120 Å². The molecular weight excluding hydrogens is 574 g/mol. The third-order valence-corrected chi connectivity index (χ3v) is 10.1. The number of ether oxygens (including phenoxy) is 1. The molecule has 3 N–H and O–H groups in total. The summed E-state index contributed by atoms with van der Waals surface area (Å²) < 4.78 is 37.0. The van der Waals surface area contributed by atoms with Crippen molar-refractivity contribution in [3.8, 4) is 0 Å². The van der Waals surface area contributed by atoms with Crippen molar-refractivity contribution in [2.24, 2.45) is 11.7 Å². The summed E-state index contributed by atoms with van der Waals surface area (Å²) >= 11 is 0. The molecule has 6 rings (SSSR count). The number of carbonyl (C=O) groups excluding carboxylic acids is 1. The third kappa shape index (κ3) is 6.98. The maximum absolute atomic E-state index is 13.6. The number of esters is 1. The van der Waals surface area contributed by atoms with E-state index in [9.17, 15) is 13.2 Å². The fourth-order valence-electron chi connectivity index (χ4n) is 6.44. The van der Waals surface area contributed by atoms with E-state index in [1.807, 2.05) is 65.2 Å². The van der Waals surface area contributed by atoms with E-state index < -0.39 is 10.0 Å². The number of anilines is 1. The Morgan fingerprint density at radius 3 is 2.59 bits per heavy atom. The van der Waals surface area contributed by atoms with Gasteiger partial charge in [0, 0.05) is 17.6 Å². The number of aromatic nitrogens is 2. The standard InChI is InChI=1S/C34H41N5O4S/c1-38-15-13-24(14-16-38)22-43-34(40)32-19-27-11-12-29(20-35)36-33(27)39(32)21-28-18-30(17-26-9-5-6-10-31(26)28)37-44(41,42)23-25-7-3-2-4-8-25/h2-4,7-8,11-12,17-19,24,37H,5-6,9-10,13-16,20-23,35H2,1H3. The highest BCUT2D eigenvalue weighted by Crippen LogP contribution is 2.31. The van der Waals surface area contributed by atoms with Crippen LogP contribution < -0.4 is 10.5 Å². The maximum Gasteiger partial charge on any atom is 0.355 e. The van der Waals surface area contributed by atoms with Crippen LogP contribution >= 0.6 is 0 Å². The smallest absolute Gasteiger partial charge is 0.355 e. The van der Waals surface area contributed by atoms with Gasteiger partial charge in [0.25, 0.3) is 0 Å². The molecule has 1 saturated heterocycles. The number of hydrogen-bond acceptors (Lipinski definition) is 7. The second-order valence-electron chi connectivity index (χ2n) is 12.2. The van der Waals surface area contributed by atoms with Gasteiger partial charge in [-0.2, -0.15) is 0 Å². The van der Waals surface area contributed by atoms with Gasteiger partial charge in [0.1, 0.15) is 11.3 Å². The molecule has 2 aromatic heterocycles. The highest BCUT2D eigenvalue weighted by Gasteiger charge is 2.24. The van der Waals surface area contributed by atoms with Gasteiger partial charge in [-0.3, -0.25) is 4.72 Å². The van der Waals surface area contributed by atoms with Crippen LogP contribution in [0, 0.1) is 5.92 Å². The van der Waals surface area contributed by atoms with Crippen molar-refractivity contribution >= 4 is 32.7 Å². The Kier molecular flexibility index (Phi) is 9.02.